The normalized spacial score (nSPS) is 11.5. The van der Waals surface area contributed by atoms with Crippen molar-refractivity contribution in [3.05, 3.63) is 42.7 Å². The average molecular weight is 187 g/mol. The van der Waals surface area contributed by atoms with Gasteiger partial charge in [-0.1, -0.05) is 24.3 Å². The Balaban J connectivity index is 2.29. The first-order chi connectivity index (χ1) is 6.92. The highest BCUT2D eigenvalue weighted by Gasteiger charge is 1.97. The molecule has 0 amide bonds. The van der Waals surface area contributed by atoms with Gasteiger partial charge >= 0.3 is 0 Å². The largest absolute Gasteiger partial charge is 0.327 e. The Morgan fingerprint density at radius 1 is 1.29 bits per heavy atom. The fraction of sp³-hybridized carbons (Fsp3) is 0.182. The Morgan fingerprint density at radius 2 is 2.14 bits per heavy atom. The number of allylic oxidation sites excluding steroid dienone is 1. The molecule has 0 atom stereocenters. The number of fused-ring (bicyclic) bond motifs is 1. The summed E-state index contributed by atoms with van der Waals surface area (Å²) in [6.45, 7) is 1.42. The molecule has 1 aromatic heterocycles. The summed E-state index contributed by atoms with van der Waals surface area (Å²) in [6, 6.07) is 8.10. The summed E-state index contributed by atoms with van der Waals surface area (Å²) in [5, 5.41) is 0. The third-order valence-electron chi connectivity index (χ3n) is 2.13. The fourth-order valence-corrected chi connectivity index (χ4v) is 1.44. The highest BCUT2D eigenvalue weighted by molar-refractivity contribution is 5.74. The maximum absolute atomic E-state index is 5.37. The first-order valence-corrected chi connectivity index (χ1v) is 4.67. The number of hydrogen-bond acceptors (Lipinski definition) is 2. The van der Waals surface area contributed by atoms with Gasteiger partial charge in [0.25, 0.3) is 0 Å². The molecule has 1 heterocycles. The molecule has 2 N–H and O–H groups in total. The number of aromatic nitrogens is 2. The van der Waals surface area contributed by atoms with Crippen LogP contribution in [0.3, 0.4) is 0 Å². The second-order valence-electron chi connectivity index (χ2n) is 3.09. The van der Waals surface area contributed by atoms with Crippen LogP contribution >= 0.6 is 0 Å². The number of hydrogen-bond donors (Lipinski definition) is 1. The van der Waals surface area contributed by atoms with Gasteiger partial charge in [0.15, 0.2) is 0 Å². The smallest absolute Gasteiger partial charge is 0.0961 e. The Bertz CT molecular complexity index is 442. The second kappa shape index (κ2) is 4.07. The third kappa shape index (κ3) is 1.67. The summed E-state index contributed by atoms with van der Waals surface area (Å²) >= 11 is 0. The maximum Gasteiger partial charge on any atom is 0.0961 e. The predicted octanol–water partition coefficient (Wildman–Crippen LogP) is 1.55. The summed E-state index contributed by atoms with van der Waals surface area (Å²) in [6.07, 6.45) is 5.86. The van der Waals surface area contributed by atoms with E-state index in [1.807, 2.05) is 36.7 Å². The summed E-state index contributed by atoms with van der Waals surface area (Å²) in [7, 11) is 0. The van der Waals surface area contributed by atoms with Gasteiger partial charge in [0.2, 0.25) is 0 Å². The zero-order valence-electron chi connectivity index (χ0n) is 7.93. The van der Waals surface area contributed by atoms with Crippen LogP contribution in [0.1, 0.15) is 0 Å². The van der Waals surface area contributed by atoms with E-state index >= 15 is 0 Å². The minimum atomic E-state index is 0.590. The number of nitrogens with zero attached hydrogens (tertiary/aromatic N) is 2. The van der Waals surface area contributed by atoms with Crippen molar-refractivity contribution >= 4 is 11.0 Å². The molecule has 0 aliphatic rings. The lowest BCUT2D eigenvalue weighted by Gasteiger charge is -1.98. The van der Waals surface area contributed by atoms with E-state index < -0.39 is 0 Å². The number of rotatable bonds is 3. The van der Waals surface area contributed by atoms with Crippen molar-refractivity contribution in [3.63, 3.8) is 0 Å². The second-order valence-corrected chi connectivity index (χ2v) is 3.09. The molecule has 0 fully saturated rings. The van der Waals surface area contributed by atoms with Gasteiger partial charge in [0.1, 0.15) is 0 Å². The van der Waals surface area contributed by atoms with Gasteiger partial charge in [-0.05, 0) is 12.1 Å². The molecule has 3 heteroatoms. The van der Waals surface area contributed by atoms with Crippen molar-refractivity contribution in [1.29, 1.82) is 0 Å². The Hall–Kier alpha value is -1.61. The molecule has 0 spiro atoms. The van der Waals surface area contributed by atoms with Gasteiger partial charge < -0.3 is 10.3 Å². The molecule has 0 aliphatic heterocycles. The van der Waals surface area contributed by atoms with Crippen LogP contribution < -0.4 is 5.73 Å². The van der Waals surface area contributed by atoms with Crippen LogP contribution in [0.4, 0.5) is 0 Å². The van der Waals surface area contributed by atoms with Crippen molar-refractivity contribution in [2.45, 2.75) is 6.54 Å². The molecule has 1 aromatic carbocycles. The van der Waals surface area contributed by atoms with Crippen LogP contribution in [0.2, 0.25) is 0 Å². The van der Waals surface area contributed by atoms with E-state index in [-0.39, 0.29) is 0 Å². The molecule has 2 aromatic rings. The molecular formula is C11H13N3. The SMILES string of the molecule is NCC=CCn1cnc2ccccc21. The first kappa shape index (κ1) is 8.97. The topological polar surface area (TPSA) is 43.8 Å². The Kier molecular flexibility index (Phi) is 2.60. The lowest BCUT2D eigenvalue weighted by molar-refractivity contribution is 0.847. The highest BCUT2D eigenvalue weighted by atomic mass is 15.0. The molecule has 0 unspecified atom stereocenters. The van der Waals surface area contributed by atoms with E-state index in [4.69, 9.17) is 5.73 Å². The maximum atomic E-state index is 5.37. The van der Waals surface area contributed by atoms with E-state index in [9.17, 15) is 0 Å². The Morgan fingerprint density at radius 3 is 3.00 bits per heavy atom. The van der Waals surface area contributed by atoms with Crippen molar-refractivity contribution in [3.8, 4) is 0 Å². The molecule has 0 saturated heterocycles. The molecule has 0 saturated carbocycles. The fourth-order valence-electron chi connectivity index (χ4n) is 1.44. The third-order valence-corrected chi connectivity index (χ3v) is 2.13. The molecule has 2 rings (SSSR count). The lowest BCUT2D eigenvalue weighted by atomic mass is 10.3. The molecule has 0 radical (unpaired) electrons. The summed E-state index contributed by atoms with van der Waals surface area (Å²) < 4.78 is 2.10. The standard InChI is InChI=1S/C11H13N3/c12-7-3-4-8-14-9-13-10-5-1-2-6-11(10)14/h1-6,9H,7-8,12H2. The minimum absolute atomic E-state index is 0.590. The first-order valence-electron chi connectivity index (χ1n) is 4.67. The highest BCUT2D eigenvalue weighted by Crippen LogP contribution is 2.11. The molecule has 0 bridgehead atoms. The zero-order valence-corrected chi connectivity index (χ0v) is 7.93. The summed E-state index contributed by atoms with van der Waals surface area (Å²) in [4.78, 5) is 4.30. The van der Waals surface area contributed by atoms with Crippen LogP contribution in [0.15, 0.2) is 42.7 Å². The van der Waals surface area contributed by atoms with Crippen molar-refractivity contribution in [1.82, 2.24) is 9.55 Å². The quantitative estimate of drug-likeness (QED) is 0.741. The average Bonchev–Trinajstić information content (AvgIpc) is 2.63. The molecular weight excluding hydrogens is 174 g/mol. The molecule has 3 nitrogen and oxygen atoms in total. The molecule has 14 heavy (non-hydrogen) atoms. The van der Waals surface area contributed by atoms with Crippen molar-refractivity contribution in [2.24, 2.45) is 5.73 Å². The van der Waals surface area contributed by atoms with Gasteiger partial charge in [0, 0.05) is 13.1 Å². The van der Waals surface area contributed by atoms with Crippen LogP contribution in [0.5, 0.6) is 0 Å². The van der Waals surface area contributed by atoms with Crippen LogP contribution in [0, 0.1) is 0 Å². The number of para-hydroxylation sites is 2. The zero-order chi connectivity index (χ0) is 9.80. The number of nitrogens with two attached hydrogens (primary N) is 1. The lowest BCUT2D eigenvalue weighted by Crippen LogP contribution is -1.96. The van der Waals surface area contributed by atoms with Crippen molar-refractivity contribution < 1.29 is 0 Å². The van der Waals surface area contributed by atoms with Crippen LogP contribution in [0.25, 0.3) is 11.0 Å². The number of imidazole rings is 1. The van der Waals surface area contributed by atoms with E-state index in [2.05, 4.69) is 15.6 Å². The monoisotopic (exact) mass is 187 g/mol. The van der Waals surface area contributed by atoms with Gasteiger partial charge in [-0.3, -0.25) is 0 Å². The molecule has 0 aliphatic carbocycles. The van der Waals surface area contributed by atoms with Gasteiger partial charge in [-0.2, -0.15) is 0 Å². The van der Waals surface area contributed by atoms with E-state index in [1.165, 1.54) is 0 Å². The van der Waals surface area contributed by atoms with Gasteiger partial charge in [-0.15, -0.1) is 0 Å². The van der Waals surface area contributed by atoms with E-state index in [0.29, 0.717) is 6.54 Å². The predicted molar refractivity (Wildman–Crippen MR) is 57.9 cm³/mol. The Labute approximate surface area is 82.9 Å². The van der Waals surface area contributed by atoms with Crippen LogP contribution in [-0.4, -0.2) is 16.1 Å². The van der Waals surface area contributed by atoms with Gasteiger partial charge in [0.05, 0.1) is 17.4 Å². The van der Waals surface area contributed by atoms with Crippen LogP contribution in [-0.2, 0) is 6.54 Å². The van der Waals surface area contributed by atoms with Gasteiger partial charge in [-0.25, -0.2) is 4.98 Å². The number of benzene rings is 1. The van der Waals surface area contributed by atoms with E-state index in [1.54, 1.807) is 0 Å². The van der Waals surface area contributed by atoms with E-state index in [0.717, 1.165) is 17.6 Å². The summed E-state index contributed by atoms with van der Waals surface area (Å²) in [5.41, 5.74) is 7.57. The summed E-state index contributed by atoms with van der Waals surface area (Å²) in [5.74, 6) is 0. The van der Waals surface area contributed by atoms with Crippen molar-refractivity contribution in [2.75, 3.05) is 6.54 Å². The molecule has 72 valence electrons. The minimum Gasteiger partial charge on any atom is -0.327 e.